The number of nitrogens with zero attached hydrogens (tertiary/aromatic N) is 1. The summed E-state index contributed by atoms with van der Waals surface area (Å²) in [5.74, 6) is 0.193. The van der Waals surface area contributed by atoms with Gasteiger partial charge >= 0.3 is 11.4 Å². The number of phenolic OH excluding ortho intramolecular Hbond substituents is 1. The highest BCUT2D eigenvalue weighted by molar-refractivity contribution is 5.83. The number of hydrogen-bond donors (Lipinski definition) is 3. The largest absolute Gasteiger partial charge is 0.616 e. The Morgan fingerprint density at radius 3 is 2.61 bits per heavy atom. The first-order valence-electron chi connectivity index (χ1n) is 8.81. The second-order valence-corrected chi connectivity index (χ2v) is 6.56. The van der Waals surface area contributed by atoms with E-state index in [0.29, 0.717) is 16.8 Å². The van der Waals surface area contributed by atoms with Gasteiger partial charge in [-0.05, 0) is 29.3 Å². The van der Waals surface area contributed by atoms with Gasteiger partial charge in [0.25, 0.3) is 5.69 Å². The monoisotopic (exact) mass is 377 g/mol. The van der Waals surface area contributed by atoms with Gasteiger partial charge in [0.1, 0.15) is 11.4 Å². The Morgan fingerprint density at radius 1 is 1.11 bits per heavy atom. The van der Waals surface area contributed by atoms with Crippen molar-refractivity contribution in [2.45, 2.75) is 12.8 Å². The third-order valence-corrected chi connectivity index (χ3v) is 4.76. The first-order chi connectivity index (χ1) is 13.6. The van der Waals surface area contributed by atoms with Crippen LogP contribution in [0.3, 0.4) is 0 Å². The van der Waals surface area contributed by atoms with E-state index in [1.54, 1.807) is 12.1 Å². The smallest absolute Gasteiger partial charge is 0.400 e. The molecule has 4 aromatic rings. The quantitative estimate of drug-likeness (QED) is 0.367. The number of ether oxygens (including phenoxy) is 1. The van der Waals surface area contributed by atoms with Crippen LogP contribution < -0.4 is 15.0 Å². The lowest BCUT2D eigenvalue weighted by molar-refractivity contribution is -0.622. The van der Waals surface area contributed by atoms with Gasteiger partial charge in [-0.15, -0.1) is 4.73 Å². The third kappa shape index (κ3) is 3.18. The van der Waals surface area contributed by atoms with Gasteiger partial charge < -0.3 is 25.0 Å². The van der Waals surface area contributed by atoms with Crippen molar-refractivity contribution in [3.05, 3.63) is 92.8 Å². The van der Waals surface area contributed by atoms with E-state index in [0.717, 1.165) is 22.0 Å². The van der Waals surface area contributed by atoms with Crippen LogP contribution in [0.15, 0.2) is 59.5 Å². The summed E-state index contributed by atoms with van der Waals surface area (Å²) in [6.45, 7) is 0. The SMILES string of the molecule is COc1c(Cc2c[nH]c3ccccc23)[nH]c(=O)c(Cc2ccc(O)cc2)[n+]1[O-]. The molecule has 0 aliphatic rings. The van der Waals surface area contributed by atoms with Crippen molar-refractivity contribution in [3.63, 3.8) is 0 Å². The van der Waals surface area contributed by atoms with Crippen LogP contribution in [0, 0.1) is 5.21 Å². The van der Waals surface area contributed by atoms with E-state index in [1.165, 1.54) is 19.2 Å². The minimum Gasteiger partial charge on any atom is -0.616 e. The Hall–Kier alpha value is -3.74. The molecule has 7 heteroatoms. The van der Waals surface area contributed by atoms with Crippen LogP contribution in [0.25, 0.3) is 10.9 Å². The molecular weight excluding hydrogens is 358 g/mol. The molecule has 2 aromatic carbocycles. The summed E-state index contributed by atoms with van der Waals surface area (Å²) in [6.07, 6.45) is 2.34. The lowest BCUT2D eigenvalue weighted by atomic mass is 10.1. The number of aromatic nitrogens is 3. The van der Waals surface area contributed by atoms with Crippen LogP contribution in [-0.2, 0) is 12.8 Å². The van der Waals surface area contributed by atoms with Crippen molar-refractivity contribution in [2.75, 3.05) is 7.11 Å². The molecule has 0 radical (unpaired) electrons. The zero-order valence-corrected chi connectivity index (χ0v) is 15.2. The van der Waals surface area contributed by atoms with Crippen LogP contribution in [0.4, 0.5) is 0 Å². The molecule has 0 bridgehead atoms. The minimum atomic E-state index is -0.460. The number of rotatable bonds is 5. The third-order valence-electron chi connectivity index (χ3n) is 4.76. The lowest BCUT2D eigenvalue weighted by Gasteiger charge is -2.11. The van der Waals surface area contributed by atoms with Crippen molar-refractivity contribution in [1.29, 1.82) is 0 Å². The fourth-order valence-corrected chi connectivity index (χ4v) is 3.35. The summed E-state index contributed by atoms with van der Waals surface area (Å²) in [7, 11) is 1.41. The molecule has 0 saturated carbocycles. The number of aromatic hydroxyl groups is 1. The van der Waals surface area contributed by atoms with Gasteiger partial charge in [-0.1, -0.05) is 30.3 Å². The molecule has 3 N–H and O–H groups in total. The summed E-state index contributed by atoms with van der Waals surface area (Å²) in [5.41, 5.74) is 2.67. The van der Waals surface area contributed by atoms with Gasteiger partial charge in [0, 0.05) is 23.5 Å². The summed E-state index contributed by atoms with van der Waals surface area (Å²) in [4.78, 5) is 18.6. The summed E-state index contributed by atoms with van der Waals surface area (Å²) >= 11 is 0. The van der Waals surface area contributed by atoms with Gasteiger partial charge in [0.05, 0.1) is 13.5 Å². The first kappa shape index (κ1) is 17.7. The fraction of sp³-hybridized carbons (Fsp3) is 0.143. The topological polar surface area (TPSA) is 105 Å². The molecule has 0 saturated heterocycles. The average Bonchev–Trinajstić information content (AvgIpc) is 3.10. The molecule has 7 nitrogen and oxygen atoms in total. The van der Waals surface area contributed by atoms with Crippen LogP contribution in [-0.4, -0.2) is 22.2 Å². The number of aromatic amines is 2. The van der Waals surface area contributed by atoms with E-state index in [-0.39, 0.29) is 23.7 Å². The Labute approximate surface area is 160 Å². The van der Waals surface area contributed by atoms with Gasteiger partial charge in [0.2, 0.25) is 0 Å². The molecule has 28 heavy (non-hydrogen) atoms. The van der Waals surface area contributed by atoms with E-state index < -0.39 is 5.56 Å². The van der Waals surface area contributed by atoms with Crippen LogP contribution in [0.1, 0.15) is 22.5 Å². The van der Waals surface area contributed by atoms with Crippen molar-refractivity contribution >= 4 is 10.9 Å². The number of hydrogen-bond acceptors (Lipinski definition) is 4. The summed E-state index contributed by atoms with van der Waals surface area (Å²) in [6, 6.07) is 14.2. The van der Waals surface area contributed by atoms with Crippen LogP contribution in [0.2, 0.25) is 0 Å². The van der Waals surface area contributed by atoms with Crippen LogP contribution >= 0.6 is 0 Å². The second-order valence-electron chi connectivity index (χ2n) is 6.56. The number of nitrogens with one attached hydrogen (secondary N) is 2. The predicted octanol–water partition coefficient (Wildman–Crippen LogP) is 2.39. The Kier molecular flexibility index (Phi) is 4.49. The van der Waals surface area contributed by atoms with E-state index in [1.807, 2.05) is 30.5 Å². The molecule has 2 aromatic heterocycles. The number of para-hydroxylation sites is 1. The Bertz CT molecular complexity index is 1190. The van der Waals surface area contributed by atoms with Crippen LogP contribution in [0.5, 0.6) is 11.6 Å². The van der Waals surface area contributed by atoms with Crippen molar-refractivity contribution in [1.82, 2.24) is 9.97 Å². The van der Waals surface area contributed by atoms with Crippen molar-refractivity contribution < 1.29 is 14.6 Å². The molecule has 2 heterocycles. The minimum absolute atomic E-state index is 0.0326. The Balaban J connectivity index is 1.73. The van der Waals surface area contributed by atoms with Gasteiger partial charge in [0.15, 0.2) is 0 Å². The van der Waals surface area contributed by atoms with Gasteiger partial charge in [-0.2, -0.15) is 0 Å². The number of benzene rings is 2. The van der Waals surface area contributed by atoms with E-state index in [4.69, 9.17) is 4.74 Å². The van der Waals surface area contributed by atoms with Crippen molar-refractivity contribution in [3.8, 4) is 11.6 Å². The van der Waals surface area contributed by atoms with E-state index in [2.05, 4.69) is 9.97 Å². The highest BCUT2D eigenvalue weighted by Crippen LogP contribution is 2.22. The van der Waals surface area contributed by atoms with Gasteiger partial charge in [-0.3, -0.25) is 4.79 Å². The zero-order chi connectivity index (χ0) is 19.7. The molecule has 0 aliphatic heterocycles. The molecule has 0 amide bonds. The molecule has 0 unspecified atom stereocenters. The molecule has 0 aliphatic carbocycles. The zero-order valence-electron chi connectivity index (χ0n) is 15.2. The molecule has 0 spiro atoms. The molecule has 142 valence electrons. The number of phenols is 1. The van der Waals surface area contributed by atoms with E-state index in [9.17, 15) is 15.1 Å². The van der Waals surface area contributed by atoms with Crippen molar-refractivity contribution in [2.24, 2.45) is 0 Å². The number of H-pyrrole nitrogens is 2. The maximum Gasteiger partial charge on any atom is 0.400 e. The average molecular weight is 377 g/mol. The lowest BCUT2D eigenvalue weighted by Crippen LogP contribution is -2.42. The number of fused-ring (bicyclic) bond motifs is 1. The molecule has 0 atom stereocenters. The highest BCUT2D eigenvalue weighted by Gasteiger charge is 2.24. The number of methoxy groups -OCH3 is 1. The second kappa shape index (κ2) is 7.11. The van der Waals surface area contributed by atoms with E-state index >= 15 is 0 Å². The molecular formula is C21H19N3O4. The Morgan fingerprint density at radius 2 is 1.86 bits per heavy atom. The van der Waals surface area contributed by atoms with Gasteiger partial charge in [-0.25, -0.2) is 0 Å². The predicted molar refractivity (Wildman–Crippen MR) is 105 cm³/mol. The maximum atomic E-state index is 12.8. The molecule has 0 fully saturated rings. The molecule has 4 rings (SSSR count). The fourth-order valence-electron chi connectivity index (χ4n) is 3.35. The summed E-state index contributed by atoms with van der Waals surface area (Å²) in [5, 5.41) is 23.2. The maximum absolute atomic E-state index is 12.8. The first-order valence-corrected chi connectivity index (χ1v) is 8.81. The normalized spacial score (nSPS) is 11.0. The standard InChI is InChI=1S/C21H19N3O4/c1-28-21-18(11-14-12-22-17-5-3-2-4-16(14)17)23-20(26)19(24(21)27)10-13-6-8-15(25)9-7-13/h2-9,12,22,25H,10-11H2,1H3,(H,23,26). The summed E-state index contributed by atoms with van der Waals surface area (Å²) < 4.78 is 5.87. The highest BCUT2D eigenvalue weighted by atomic mass is 16.5.